The van der Waals surface area contributed by atoms with Crippen LogP contribution in [0.25, 0.3) is 0 Å². The molecule has 0 saturated carbocycles. The van der Waals surface area contributed by atoms with Crippen LogP contribution in [0, 0.1) is 0 Å². The third kappa shape index (κ3) is 4.78. The van der Waals surface area contributed by atoms with Crippen molar-refractivity contribution in [2.45, 2.75) is 39.0 Å². The van der Waals surface area contributed by atoms with Crippen LogP contribution >= 0.6 is 11.3 Å². The summed E-state index contributed by atoms with van der Waals surface area (Å²) in [4.78, 5) is 26.9. The monoisotopic (exact) mass is 355 g/mol. The molecule has 1 aromatic heterocycles. The fraction of sp³-hybridized carbons (Fsp3) is 0.647. The first-order valence-corrected chi connectivity index (χ1v) is 9.42. The van der Waals surface area contributed by atoms with Gasteiger partial charge in [-0.25, -0.2) is 4.79 Å². The summed E-state index contributed by atoms with van der Waals surface area (Å²) in [5.74, 6) is -0.438. The molecular formula is C17H27N2O4S+. The quantitative estimate of drug-likeness (QED) is 0.598. The molecule has 1 unspecified atom stereocenters. The van der Waals surface area contributed by atoms with Gasteiger partial charge in [-0.15, -0.1) is 11.3 Å². The molecule has 7 heteroatoms. The number of aliphatic hydroxyl groups excluding tert-OH is 1. The zero-order chi connectivity index (χ0) is 17.5. The highest BCUT2D eigenvalue weighted by molar-refractivity contribution is 7.17. The van der Waals surface area contributed by atoms with Gasteiger partial charge in [0.15, 0.2) is 0 Å². The lowest BCUT2D eigenvalue weighted by Crippen LogP contribution is -3.09. The van der Waals surface area contributed by atoms with E-state index in [-0.39, 0.29) is 18.5 Å². The average molecular weight is 355 g/mol. The highest BCUT2D eigenvalue weighted by Gasteiger charge is 2.27. The van der Waals surface area contributed by atoms with Crippen LogP contribution in [0.1, 0.15) is 47.0 Å². The van der Waals surface area contributed by atoms with E-state index in [2.05, 4.69) is 5.32 Å². The minimum atomic E-state index is -0.338. The molecule has 0 aromatic carbocycles. The minimum Gasteiger partial charge on any atom is -0.462 e. The van der Waals surface area contributed by atoms with Gasteiger partial charge in [-0.3, -0.25) is 4.79 Å². The van der Waals surface area contributed by atoms with Crippen LogP contribution in [0.5, 0.6) is 0 Å². The van der Waals surface area contributed by atoms with Gasteiger partial charge in [0.05, 0.1) is 38.8 Å². The number of anilines is 1. The Kier molecular flexibility index (Phi) is 7.20. The van der Waals surface area contributed by atoms with E-state index in [0.717, 1.165) is 36.1 Å². The number of aliphatic hydroxyl groups is 1. The Balaban J connectivity index is 2.09. The first kappa shape index (κ1) is 18.9. The molecule has 0 fully saturated rings. The van der Waals surface area contributed by atoms with E-state index in [1.54, 1.807) is 6.92 Å². The first-order chi connectivity index (χ1) is 11.6. The zero-order valence-corrected chi connectivity index (χ0v) is 15.3. The number of carbonyl (C=O) groups is 2. The van der Waals surface area contributed by atoms with E-state index >= 15 is 0 Å². The Morgan fingerprint density at radius 3 is 2.75 bits per heavy atom. The molecule has 1 atom stereocenters. The number of quaternary nitrogens is 1. The van der Waals surface area contributed by atoms with Gasteiger partial charge >= 0.3 is 5.97 Å². The Labute approximate surface area is 146 Å². The predicted molar refractivity (Wildman–Crippen MR) is 93.9 cm³/mol. The van der Waals surface area contributed by atoms with E-state index < -0.39 is 0 Å². The topological polar surface area (TPSA) is 80.1 Å². The molecule has 6 nitrogen and oxygen atoms in total. The molecule has 0 radical (unpaired) electrons. The summed E-state index contributed by atoms with van der Waals surface area (Å²) < 4.78 is 5.19. The van der Waals surface area contributed by atoms with E-state index in [1.165, 1.54) is 16.2 Å². The average Bonchev–Trinajstić information content (AvgIpc) is 2.91. The fourth-order valence-corrected chi connectivity index (χ4v) is 4.20. The highest BCUT2D eigenvalue weighted by atomic mass is 32.1. The van der Waals surface area contributed by atoms with E-state index in [9.17, 15) is 9.59 Å². The van der Waals surface area contributed by atoms with Crippen LogP contribution in [0.15, 0.2) is 0 Å². The summed E-state index contributed by atoms with van der Waals surface area (Å²) >= 11 is 1.51. The highest BCUT2D eigenvalue weighted by Crippen LogP contribution is 2.38. The number of esters is 1. The predicted octanol–water partition coefficient (Wildman–Crippen LogP) is 0.639. The maximum absolute atomic E-state index is 12.3. The van der Waals surface area contributed by atoms with Crippen LogP contribution in [0.3, 0.4) is 0 Å². The maximum Gasteiger partial charge on any atom is 0.341 e. The Morgan fingerprint density at radius 1 is 1.29 bits per heavy atom. The lowest BCUT2D eigenvalue weighted by atomic mass is 9.95. The summed E-state index contributed by atoms with van der Waals surface area (Å²) in [5, 5.41) is 12.4. The SMILES string of the molecule is CCOC(=O)c1c(NC(=O)CC[NH+](C)CCO)sc2c1CCCC2. The Bertz CT molecular complexity index is 585. The molecule has 1 aromatic rings. The lowest BCUT2D eigenvalue weighted by Gasteiger charge is -2.13. The maximum atomic E-state index is 12.3. The van der Waals surface area contributed by atoms with E-state index in [4.69, 9.17) is 9.84 Å². The third-order valence-electron chi connectivity index (χ3n) is 4.22. The second kappa shape index (κ2) is 9.15. The molecule has 0 bridgehead atoms. The van der Waals surface area contributed by atoms with Crippen molar-refractivity contribution >= 4 is 28.2 Å². The van der Waals surface area contributed by atoms with Gasteiger partial charge in [-0.2, -0.15) is 0 Å². The number of hydrogen-bond acceptors (Lipinski definition) is 5. The molecule has 2 rings (SSSR count). The van der Waals surface area contributed by atoms with Gasteiger partial charge in [0.2, 0.25) is 5.91 Å². The van der Waals surface area contributed by atoms with Crippen molar-refractivity contribution in [3.8, 4) is 0 Å². The molecule has 0 spiro atoms. The molecule has 1 amide bonds. The number of amides is 1. The minimum absolute atomic E-state index is 0.101. The van der Waals surface area contributed by atoms with Crippen molar-refractivity contribution in [1.29, 1.82) is 0 Å². The molecule has 1 aliphatic rings. The first-order valence-electron chi connectivity index (χ1n) is 8.60. The van der Waals surface area contributed by atoms with Gasteiger partial charge < -0.3 is 20.1 Å². The van der Waals surface area contributed by atoms with E-state index in [0.29, 0.717) is 36.7 Å². The number of aryl methyl sites for hydroxylation is 1. The third-order valence-corrected chi connectivity index (χ3v) is 5.43. The van der Waals surface area contributed by atoms with Crippen LogP contribution < -0.4 is 10.2 Å². The van der Waals surface area contributed by atoms with Crippen molar-refractivity contribution in [3.63, 3.8) is 0 Å². The summed E-state index contributed by atoms with van der Waals surface area (Å²) in [6.07, 6.45) is 4.39. The smallest absolute Gasteiger partial charge is 0.341 e. The number of rotatable bonds is 8. The van der Waals surface area contributed by atoms with Gasteiger partial charge in [0.1, 0.15) is 11.5 Å². The largest absolute Gasteiger partial charge is 0.462 e. The summed E-state index contributed by atoms with van der Waals surface area (Å²) in [6.45, 7) is 3.49. The molecule has 0 aliphatic heterocycles. The lowest BCUT2D eigenvalue weighted by molar-refractivity contribution is -0.879. The summed E-state index contributed by atoms with van der Waals surface area (Å²) in [7, 11) is 1.94. The molecule has 134 valence electrons. The van der Waals surface area contributed by atoms with E-state index in [1.807, 2.05) is 7.05 Å². The molecule has 0 saturated heterocycles. The number of ether oxygens (including phenoxy) is 1. The van der Waals surface area contributed by atoms with Gasteiger partial charge in [-0.05, 0) is 38.2 Å². The number of likely N-dealkylation sites (N-methyl/N-ethyl adjacent to an activating group) is 1. The van der Waals surface area contributed by atoms with Crippen LogP contribution in [-0.2, 0) is 22.4 Å². The zero-order valence-electron chi connectivity index (χ0n) is 14.4. The second-order valence-corrected chi connectivity index (χ2v) is 7.22. The Morgan fingerprint density at radius 2 is 2.04 bits per heavy atom. The van der Waals surface area contributed by atoms with Crippen molar-refractivity contribution in [2.75, 3.05) is 38.7 Å². The summed E-state index contributed by atoms with van der Waals surface area (Å²) in [5.41, 5.74) is 1.61. The van der Waals surface area contributed by atoms with Gasteiger partial charge in [-0.1, -0.05) is 0 Å². The molecular weight excluding hydrogens is 328 g/mol. The van der Waals surface area contributed by atoms with Gasteiger partial charge in [0.25, 0.3) is 0 Å². The van der Waals surface area contributed by atoms with Crippen molar-refractivity contribution in [1.82, 2.24) is 0 Å². The van der Waals surface area contributed by atoms with Crippen LogP contribution in [0.2, 0.25) is 0 Å². The number of thiophene rings is 1. The molecule has 24 heavy (non-hydrogen) atoms. The van der Waals surface area contributed by atoms with Crippen molar-refractivity contribution < 1.29 is 24.3 Å². The number of fused-ring (bicyclic) bond motifs is 1. The Hall–Kier alpha value is -1.44. The van der Waals surface area contributed by atoms with Crippen LogP contribution in [0.4, 0.5) is 5.00 Å². The van der Waals surface area contributed by atoms with Crippen LogP contribution in [-0.4, -0.2) is 50.3 Å². The number of nitrogens with one attached hydrogen (secondary N) is 2. The second-order valence-electron chi connectivity index (χ2n) is 6.11. The normalized spacial score (nSPS) is 14.8. The van der Waals surface area contributed by atoms with Crippen molar-refractivity contribution in [2.24, 2.45) is 0 Å². The molecule has 1 heterocycles. The van der Waals surface area contributed by atoms with Crippen molar-refractivity contribution in [3.05, 3.63) is 16.0 Å². The number of hydrogen-bond donors (Lipinski definition) is 3. The molecule has 3 N–H and O–H groups in total. The standard InChI is InChI=1S/C17H26N2O4S/c1-3-23-17(22)15-12-6-4-5-7-13(12)24-16(15)18-14(21)8-9-19(2)10-11-20/h20H,3-11H2,1-2H3,(H,18,21)/p+1. The number of carbonyl (C=O) groups excluding carboxylic acids is 2. The van der Waals surface area contributed by atoms with Gasteiger partial charge in [0, 0.05) is 4.88 Å². The summed E-state index contributed by atoms with van der Waals surface area (Å²) in [6, 6.07) is 0. The molecule has 1 aliphatic carbocycles. The fourth-order valence-electron chi connectivity index (χ4n) is 2.91.